The van der Waals surface area contributed by atoms with Crippen molar-refractivity contribution in [2.75, 3.05) is 26.8 Å². The van der Waals surface area contributed by atoms with E-state index in [-0.39, 0.29) is 11.9 Å². The van der Waals surface area contributed by atoms with Crippen molar-refractivity contribution in [3.8, 4) is 0 Å². The fourth-order valence-corrected chi connectivity index (χ4v) is 1.84. The van der Waals surface area contributed by atoms with Gasteiger partial charge in [0.1, 0.15) is 11.5 Å². The molecule has 0 saturated carbocycles. The first kappa shape index (κ1) is 13.2. The van der Waals surface area contributed by atoms with Crippen LogP contribution in [-0.4, -0.2) is 41.7 Å². The highest BCUT2D eigenvalue weighted by atomic mass is 19.4. The molecule has 1 aliphatic heterocycles. The zero-order valence-electron chi connectivity index (χ0n) is 10.2. The average molecular weight is 261 g/mol. The van der Waals surface area contributed by atoms with Crippen LogP contribution in [0.5, 0.6) is 0 Å². The Morgan fingerprint density at radius 3 is 2.72 bits per heavy atom. The van der Waals surface area contributed by atoms with Gasteiger partial charge in [0.2, 0.25) is 0 Å². The third-order valence-corrected chi connectivity index (χ3v) is 2.86. The molecule has 1 aliphatic rings. The molecular formula is C11H14F3N3O. The van der Waals surface area contributed by atoms with E-state index in [1.165, 1.54) is 6.92 Å². The summed E-state index contributed by atoms with van der Waals surface area (Å²) in [5, 5.41) is 0. The smallest absolute Gasteiger partial charge is 0.378 e. The molecule has 0 radical (unpaired) electrons. The van der Waals surface area contributed by atoms with Crippen LogP contribution in [0.4, 0.5) is 13.2 Å². The summed E-state index contributed by atoms with van der Waals surface area (Å²) >= 11 is 0. The Balaban J connectivity index is 2.35. The molecule has 1 unspecified atom stereocenters. The van der Waals surface area contributed by atoms with Gasteiger partial charge in [-0.1, -0.05) is 0 Å². The van der Waals surface area contributed by atoms with E-state index in [4.69, 9.17) is 4.74 Å². The number of alkyl halides is 3. The molecule has 0 aromatic carbocycles. The van der Waals surface area contributed by atoms with Crippen LogP contribution in [-0.2, 0) is 10.9 Å². The van der Waals surface area contributed by atoms with Crippen molar-refractivity contribution in [1.29, 1.82) is 0 Å². The van der Waals surface area contributed by atoms with E-state index in [9.17, 15) is 13.2 Å². The molecule has 4 nitrogen and oxygen atoms in total. The molecule has 18 heavy (non-hydrogen) atoms. The lowest BCUT2D eigenvalue weighted by molar-refractivity contribution is -0.141. The molecule has 0 bridgehead atoms. The minimum Gasteiger partial charge on any atom is -0.378 e. The van der Waals surface area contributed by atoms with E-state index in [2.05, 4.69) is 9.97 Å². The van der Waals surface area contributed by atoms with Crippen molar-refractivity contribution in [3.05, 3.63) is 23.3 Å². The number of halogens is 3. The molecule has 2 heterocycles. The quantitative estimate of drug-likeness (QED) is 0.772. The lowest BCUT2D eigenvalue weighted by atomic mass is 10.2. The van der Waals surface area contributed by atoms with Crippen LogP contribution in [0.3, 0.4) is 0 Å². The van der Waals surface area contributed by atoms with Gasteiger partial charge in [-0.3, -0.25) is 4.90 Å². The van der Waals surface area contributed by atoms with Gasteiger partial charge in [0.25, 0.3) is 0 Å². The third kappa shape index (κ3) is 2.78. The topological polar surface area (TPSA) is 38.2 Å². The third-order valence-electron chi connectivity index (χ3n) is 2.86. The maximum absolute atomic E-state index is 12.7. The molecule has 1 aromatic heterocycles. The molecule has 1 aromatic rings. The van der Waals surface area contributed by atoms with Gasteiger partial charge in [-0.2, -0.15) is 13.2 Å². The summed E-state index contributed by atoms with van der Waals surface area (Å²) in [4.78, 5) is 9.61. The van der Waals surface area contributed by atoms with Crippen LogP contribution in [0.15, 0.2) is 6.07 Å². The van der Waals surface area contributed by atoms with Crippen molar-refractivity contribution in [1.82, 2.24) is 14.9 Å². The molecule has 0 amide bonds. The first-order valence-corrected chi connectivity index (χ1v) is 5.58. The molecule has 1 fully saturated rings. The van der Waals surface area contributed by atoms with Gasteiger partial charge in [0.15, 0.2) is 0 Å². The Labute approximate surface area is 103 Å². The summed E-state index contributed by atoms with van der Waals surface area (Å²) in [6.07, 6.45) is -4.45. The van der Waals surface area contributed by atoms with Crippen molar-refractivity contribution in [2.24, 2.45) is 0 Å². The summed E-state index contributed by atoms with van der Waals surface area (Å²) < 4.78 is 43.3. The van der Waals surface area contributed by atoms with Crippen LogP contribution in [0.2, 0.25) is 0 Å². The second kappa shape index (κ2) is 4.81. The van der Waals surface area contributed by atoms with Gasteiger partial charge in [-0.15, -0.1) is 0 Å². The van der Waals surface area contributed by atoms with Gasteiger partial charge in [-0.05, 0) is 20.0 Å². The van der Waals surface area contributed by atoms with Crippen LogP contribution < -0.4 is 0 Å². The fraction of sp³-hybridized carbons (Fsp3) is 0.636. The maximum atomic E-state index is 12.7. The van der Waals surface area contributed by atoms with Gasteiger partial charge in [-0.25, -0.2) is 9.97 Å². The number of rotatable bonds is 1. The van der Waals surface area contributed by atoms with Crippen molar-refractivity contribution in [2.45, 2.75) is 19.1 Å². The van der Waals surface area contributed by atoms with Gasteiger partial charge in [0, 0.05) is 12.2 Å². The molecule has 2 rings (SSSR count). The predicted octanol–water partition coefficient (Wildman–Crippen LogP) is 1.81. The summed E-state index contributed by atoms with van der Waals surface area (Å²) in [6, 6.07) is 0.632. The van der Waals surface area contributed by atoms with E-state index in [0.717, 1.165) is 6.07 Å². The standard InChI is InChI=1S/C11H14F3N3O/c1-7-5-9(11(12,13)14)16-10(15-7)8-6-18-4-3-17(8)2/h5,8H,3-4,6H2,1-2H3. The van der Waals surface area contributed by atoms with E-state index < -0.39 is 11.9 Å². The van der Waals surface area contributed by atoms with Crippen LogP contribution >= 0.6 is 0 Å². The number of aryl methyl sites for hydroxylation is 1. The number of ether oxygens (including phenoxy) is 1. The Morgan fingerprint density at radius 1 is 1.39 bits per heavy atom. The predicted molar refractivity (Wildman–Crippen MR) is 58.0 cm³/mol. The molecule has 7 heteroatoms. The SMILES string of the molecule is Cc1cc(C(F)(F)F)nc(C2COCCN2C)n1. The highest BCUT2D eigenvalue weighted by Crippen LogP contribution is 2.29. The molecular weight excluding hydrogens is 247 g/mol. The Morgan fingerprint density at radius 2 is 2.11 bits per heavy atom. The summed E-state index contributed by atoms with van der Waals surface area (Å²) in [6.45, 7) is 3.08. The van der Waals surface area contributed by atoms with E-state index in [1.54, 1.807) is 0 Å². The second-order valence-corrected chi connectivity index (χ2v) is 4.32. The van der Waals surface area contributed by atoms with E-state index in [1.807, 2.05) is 11.9 Å². The van der Waals surface area contributed by atoms with Gasteiger partial charge < -0.3 is 4.74 Å². The van der Waals surface area contributed by atoms with Crippen LogP contribution in [0, 0.1) is 6.92 Å². The Bertz CT molecular complexity index is 436. The number of likely N-dealkylation sites (N-methyl/N-ethyl adjacent to an activating group) is 1. The maximum Gasteiger partial charge on any atom is 0.433 e. The molecule has 1 saturated heterocycles. The van der Waals surface area contributed by atoms with Crippen molar-refractivity contribution in [3.63, 3.8) is 0 Å². The average Bonchev–Trinajstić information content (AvgIpc) is 2.27. The first-order chi connectivity index (χ1) is 8.38. The Kier molecular flexibility index (Phi) is 3.54. The van der Waals surface area contributed by atoms with Crippen molar-refractivity contribution < 1.29 is 17.9 Å². The summed E-state index contributed by atoms with van der Waals surface area (Å²) in [5.74, 6) is 0.171. The molecule has 1 atom stereocenters. The lowest BCUT2D eigenvalue weighted by Crippen LogP contribution is -2.37. The molecule has 0 N–H and O–H groups in total. The van der Waals surface area contributed by atoms with E-state index >= 15 is 0 Å². The number of aromatic nitrogens is 2. The monoisotopic (exact) mass is 261 g/mol. The summed E-state index contributed by atoms with van der Waals surface area (Å²) in [5.41, 5.74) is -0.588. The highest BCUT2D eigenvalue weighted by molar-refractivity contribution is 5.15. The number of morpholine rings is 1. The zero-order chi connectivity index (χ0) is 13.3. The minimum atomic E-state index is -4.45. The number of nitrogens with zero attached hydrogens (tertiary/aromatic N) is 3. The second-order valence-electron chi connectivity index (χ2n) is 4.32. The zero-order valence-corrected chi connectivity index (χ0v) is 10.2. The molecule has 0 aliphatic carbocycles. The largest absolute Gasteiger partial charge is 0.433 e. The Hall–Kier alpha value is -1.21. The van der Waals surface area contributed by atoms with Crippen LogP contribution in [0.1, 0.15) is 23.3 Å². The highest BCUT2D eigenvalue weighted by Gasteiger charge is 2.34. The number of hydrogen-bond donors (Lipinski definition) is 0. The molecule has 0 spiro atoms. The summed E-state index contributed by atoms with van der Waals surface area (Å²) in [7, 11) is 1.83. The van der Waals surface area contributed by atoms with E-state index in [0.29, 0.717) is 25.5 Å². The van der Waals surface area contributed by atoms with Crippen molar-refractivity contribution >= 4 is 0 Å². The fourth-order valence-electron chi connectivity index (χ4n) is 1.84. The van der Waals surface area contributed by atoms with Gasteiger partial charge >= 0.3 is 6.18 Å². The van der Waals surface area contributed by atoms with Crippen LogP contribution in [0.25, 0.3) is 0 Å². The normalized spacial score (nSPS) is 22.2. The number of hydrogen-bond acceptors (Lipinski definition) is 4. The molecule has 100 valence electrons. The minimum absolute atomic E-state index is 0.171. The van der Waals surface area contributed by atoms with Gasteiger partial charge in [0.05, 0.1) is 19.3 Å². The first-order valence-electron chi connectivity index (χ1n) is 5.58. The lowest BCUT2D eigenvalue weighted by Gasteiger charge is -2.31.